The summed E-state index contributed by atoms with van der Waals surface area (Å²) in [6, 6.07) is 7.34. The first-order chi connectivity index (χ1) is 10.2. The number of likely N-dealkylation sites (N-methyl/N-ethyl adjacent to an activating group) is 1. The van der Waals surface area contributed by atoms with E-state index in [2.05, 4.69) is 24.1 Å². The van der Waals surface area contributed by atoms with Crippen molar-refractivity contribution in [3.63, 3.8) is 0 Å². The van der Waals surface area contributed by atoms with Crippen molar-refractivity contribution in [2.45, 2.75) is 20.3 Å². The second kappa shape index (κ2) is 10.2. The van der Waals surface area contributed by atoms with Crippen LogP contribution < -0.4 is 11.1 Å². The first-order valence-corrected chi connectivity index (χ1v) is 7.64. The van der Waals surface area contributed by atoms with Gasteiger partial charge in [-0.2, -0.15) is 0 Å². The van der Waals surface area contributed by atoms with Crippen molar-refractivity contribution in [3.8, 4) is 0 Å². The third-order valence-corrected chi connectivity index (χ3v) is 3.37. The summed E-state index contributed by atoms with van der Waals surface area (Å²) >= 11 is 0. The fourth-order valence-corrected chi connectivity index (χ4v) is 1.95. The molecule has 0 aromatic heterocycles. The van der Waals surface area contributed by atoms with Gasteiger partial charge in [-0.05, 0) is 50.3 Å². The highest BCUT2D eigenvalue weighted by Gasteiger charge is 2.07. The molecule has 1 aromatic rings. The number of esters is 1. The molecule has 0 fully saturated rings. The topological polar surface area (TPSA) is 67.6 Å². The molecular formula is C16H27N3O2. The minimum Gasteiger partial charge on any atom is -0.461 e. The van der Waals surface area contributed by atoms with E-state index < -0.39 is 0 Å². The summed E-state index contributed by atoms with van der Waals surface area (Å²) in [6.07, 6.45) is 0.926. The van der Waals surface area contributed by atoms with Crippen molar-refractivity contribution in [1.29, 1.82) is 0 Å². The summed E-state index contributed by atoms with van der Waals surface area (Å²) < 4.78 is 5.28. The largest absolute Gasteiger partial charge is 0.461 e. The van der Waals surface area contributed by atoms with E-state index in [1.54, 1.807) is 12.1 Å². The Morgan fingerprint density at radius 2 is 1.90 bits per heavy atom. The van der Waals surface area contributed by atoms with Crippen LogP contribution in [-0.2, 0) is 4.74 Å². The zero-order chi connectivity index (χ0) is 15.5. The molecule has 0 unspecified atom stereocenters. The predicted molar refractivity (Wildman–Crippen MR) is 86.7 cm³/mol. The van der Waals surface area contributed by atoms with Crippen LogP contribution in [0, 0.1) is 0 Å². The Bertz CT molecular complexity index is 402. The summed E-state index contributed by atoms with van der Waals surface area (Å²) in [7, 11) is 0. The maximum Gasteiger partial charge on any atom is 0.338 e. The van der Waals surface area contributed by atoms with Crippen molar-refractivity contribution in [1.82, 2.24) is 4.90 Å². The Labute approximate surface area is 127 Å². The normalized spacial score (nSPS) is 10.7. The molecule has 118 valence electrons. The van der Waals surface area contributed by atoms with Gasteiger partial charge in [0.1, 0.15) is 6.61 Å². The van der Waals surface area contributed by atoms with Gasteiger partial charge in [-0.3, -0.25) is 0 Å². The molecule has 0 aliphatic heterocycles. The van der Waals surface area contributed by atoms with Crippen LogP contribution in [0.15, 0.2) is 24.3 Å². The lowest BCUT2D eigenvalue weighted by Gasteiger charge is -2.17. The number of nitrogens with one attached hydrogen (secondary N) is 1. The van der Waals surface area contributed by atoms with E-state index in [0.717, 1.165) is 38.3 Å². The monoisotopic (exact) mass is 293 g/mol. The Kier molecular flexibility index (Phi) is 8.47. The zero-order valence-corrected chi connectivity index (χ0v) is 13.1. The molecule has 3 N–H and O–H groups in total. The third kappa shape index (κ3) is 6.60. The van der Waals surface area contributed by atoms with Crippen LogP contribution in [0.2, 0.25) is 0 Å². The summed E-state index contributed by atoms with van der Waals surface area (Å²) in [4.78, 5) is 14.1. The smallest absolute Gasteiger partial charge is 0.338 e. The summed E-state index contributed by atoms with van der Waals surface area (Å²) in [5.74, 6) is -0.268. The Hall–Kier alpha value is -1.59. The fourth-order valence-electron chi connectivity index (χ4n) is 1.95. The number of carbonyl (C=O) groups is 1. The van der Waals surface area contributed by atoms with Gasteiger partial charge in [0.05, 0.1) is 5.56 Å². The van der Waals surface area contributed by atoms with Gasteiger partial charge < -0.3 is 20.7 Å². The summed E-state index contributed by atoms with van der Waals surface area (Å²) in [6.45, 7) is 8.85. The van der Waals surface area contributed by atoms with Gasteiger partial charge in [0.15, 0.2) is 0 Å². The van der Waals surface area contributed by atoms with Gasteiger partial charge in [-0.25, -0.2) is 4.79 Å². The molecule has 0 saturated heterocycles. The molecular weight excluding hydrogens is 266 g/mol. The lowest BCUT2D eigenvalue weighted by Crippen LogP contribution is -2.27. The molecule has 1 rings (SSSR count). The number of hydrogen-bond donors (Lipinski definition) is 2. The quantitative estimate of drug-likeness (QED) is 0.510. The van der Waals surface area contributed by atoms with Crippen LogP contribution in [0.25, 0.3) is 0 Å². The van der Waals surface area contributed by atoms with Crippen LogP contribution in [0.5, 0.6) is 0 Å². The Morgan fingerprint density at radius 3 is 2.48 bits per heavy atom. The first kappa shape index (κ1) is 17.5. The molecule has 5 nitrogen and oxygen atoms in total. The molecule has 0 bridgehead atoms. The maximum absolute atomic E-state index is 11.9. The van der Waals surface area contributed by atoms with E-state index in [0.29, 0.717) is 18.7 Å². The van der Waals surface area contributed by atoms with Gasteiger partial charge in [0, 0.05) is 18.8 Å². The van der Waals surface area contributed by atoms with E-state index in [-0.39, 0.29) is 5.97 Å². The van der Waals surface area contributed by atoms with Crippen LogP contribution in [-0.4, -0.2) is 50.2 Å². The van der Waals surface area contributed by atoms with Crippen molar-refractivity contribution in [2.75, 3.05) is 44.6 Å². The molecule has 1 aromatic carbocycles. The fraction of sp³-hybridized carbons (Fsp3) is 0.562. The highest BCUT2D eigenvalue weighted by atomic mass is 16.5. The molecule has 0 atom stereocenters. The van der Waals surface area contributed by atoms with E-state index in [1.807, 2.05) is 12.1 Å². The second-order valence-corrected chi connectivity index (χ2v) is 4.81. The van der Waals surface area contributed by atoms with Gasteiger partial charge in [-0.1, -0.05) is 13.8 Å². The van der Waals surface area contributed by atoms with E-state index in [1.165, 1.54) is 0 Å². The highest BCUT2D eigenvalue weighted by Crippen LogP contribution is 2.10. The zero-order valence-electron chi connectivity index (χ0n) is 13.1. The van der Waals surface area contributed by atoms with Crippen molar-refractivity contribution < 1.29 is 9.53 Å². The van der Waals surface area contributed by atoms with Crippen LogP contribution in [0.3, 0.4) is 0 Å². The number of carbonyl (C=O) groups excluding carboxylic acids is 1. The number of nitrogens with zero attached hydrogens (tertiary/aromatic N) is 1. The summed E-state index contributed by atoms with van der Waals surface area (Å²) in [5.41, 5.74) is 7.01. The van der Waals surface area contributed by atoms with E-state index in [9.17, 15) is 4.79 Å². The minimum absolute atomic E-state index is 0.268. The van der Waals surface area contributed by atoms with Crippen LogP contribution >= 0.6 is 0 Å². The second-order valence-electron chi connectivity index (χ2n) is 4.81. The number of anilines is 1. The van der Waals surface area contributed by atoms with Gasteiger partial charge in [-0.15, -0.1) is 0 Å². The van der Waals surface area contributed by atoms with Gasteiger partial charge in [0.2, 0.25) is 0 Å². The molecule has 0 spiro atoms. The number of benzene rings is 1. The number of nitrogens with two attached hydrogens (primary N) is 1. The molecule has 0 radical (unpaired) electrons. The minimum atomic E-state index is -0.268. The third-order valence-electron chi connectivity index (χ3n) is 3.37. The molecule has 21 heavy (non-hydrogen) atoms. The average Bonchev–Trinajstić information content (AvgIpc) is 2.52. The predicted octanol–water partition coefficient (Wildman–Crippen LogP) is 1.95. The standard InChI is InChI=1S/C16H27N3O2/c1-3-19(4-2)12-13-21-16(20)14-6-8-15(9-7-14)18-11-5-10-17/h6-9,18H,3-5,10-13,17H2,1-2H3. The van der Waals surface area contributed by atoms with Crippen molar-refractivity contribution in [3.05, 3.63) is 29.8 Å². The Balaban J connectivity index is 2.37. The van der Waals surface area contributed by atoms with E-state index in [4.69, 9.17) is 10.5 Å². The highest BCUT2D eigenvalue weighted by molar-refractivity contribution is 5.89. The summed E-state index contributed by atoms with van der Waals surface area (Å²) in [5, 5.41) is 3.25. The van der Waals surface area contributed by atoms with Crippen molar-refractivity contribution >= 4 is 11.7 Å². The lowest BCUT2D eigenvalue weighted by atomic mass is 10.2. The SMILES string of the molecule is CCN(CC)CCOC(=O)c1ccc(NCCCN)cc1. The molecule has 0 saturated carbocycles. The number of ether oxygens (including phenoxy) is 1. The molecule has 0 amide bonds. The van der Waals surface area contributed by atoms with Gasteiger partial charge in [0.25, 0.3) is 0 Å². The van der Waals surface area contributed by atoms with Crippen LogP contribution in [0.4, 0.5) is 5.69 Å². The molecule has 0 aliphatic rings. The maximum atomic E-state index is 11.9. The van der Waals surface area contributed by atoms with Gasteiger partial charge >= 0.3 is 5.97 Å². The molecule has 0 aliphatic carbocycles. The molecule has 5 heteroatoms. The Morgan fingerprint density at radius 1 is 1.24 bits per heavy atom. The lowest BCUT2D eigenvalue weighted by molar-refractivity contribution is 0.0466. The number of hydrogen-bond acceptors (Lipinski definition) is 5. The first-order valence-electron chi connectivity index (χ1n) is 7.64. The molecule has 0 heterocycles. The van der Waals surface area contributed by atoms with E-state index >= 15 is 0 Å². The average molecular weight is 293 g/mol. The van der Waals surface area contributed by atoms with Crippen molar-refractivity contribution in [2.24, 2.45) is 5.73 Å². The van der Waals surface area contributed by atoms with Crippen LogP contribution in [0.1, 0.15) is 30.6 Å². The number of rotatable bonds is 10.